The smallest absolute Gasteiger partial charge is 0.243 e. The Labute approximate surface area is 394 Å². The fourth-order valence-corrected chi connectivity index (χ4v) is 7.74. The third kappa shape index (κ3) is 28.3. The van der Waals surface area contributed by atoms with Crippen LogP contribution in [-0.2, 0) is 40.0 Å². The molecule has 7 amide bonds. The summed E-state index contributed by atoms with van der Waals surface area (Å²) in [5.41, 5.74) is 22.7. The molecular formula is C49H87N9O8. The Balaban J connectivity index is 3.06. The van der Waals surface area contributed by atoms with Gasteiger partial charge in [-0.3, -0.25) is 33.6 Å². The summed E-state index contributed by atoms with van der Waals surface area (Å²) < 4.78 is 0. The number of carbonyl (C=O) groups is 7. The number of aromatic hydroxyl groups is 1. The zero-order valence-corrected chi connectivity index (χ0v) is 40.5. The number of benzene rings is 1. The minimum absolute atomic E-state index is 0.0111. The molecule has 1 rings (SSSR count). The predicted octanol–water partition coefficient (Wildman–Crippen LogP) is 4.29. The van der Waals surface area contributed by atoms with Crippen molar-refractivity contribution in [3.63, 3.8) is 0 Å². The topological polar surface area (TPSA) is 304 Å². The number of unbranched alkanes of at least 4 members (excludes halogenated alkanes) is 16. The van der Waals surface area contributed by atoms with Crippen LogP contribution >= 0.6 is 0 Å². The van der Waals surface area contributed by atoms with Crippen molar-refractivity contribution in [2.45, 2.75) is 212 Å². The molecule has 17 heteroatoms. The Kier molecular flexibility index (Phi) is 32.6. The molecule has 0 aliphatic heterocycles. The van der Waals surface area contributed by atoms with E-state index in [0.29, 0.717) is 57.2 Å². The number of nitrogens with two attached hydrogens (primary N) is 4. The third-order valence-electron chi connectivity index (χ3n) is 11.6. The number of carbonyl (C=O) groups excluding carboxylic acids is 7. The predicted molar refractivity (Wildman–Crippen MR) is 259 cm³/mol. The van der Waals surface area contributed by atoms with Gasteiger partial charge in [-0.15, -0.1) is 0 Å². The number of nitrogens with one attached hydrogen (secondary N) is 5. The zero-order chi connectivity index (χ0) is 49.1. The van der Waals surface area contributed by atoms with Crippen molar-refractivity contribution < 1.29 is 38.7 Å². The molecule has 66 heavy (non-hydrogen) atoms. The first-order chi connectivity index (χ1) is 31.6. The molecule has 0 heterocycles. The van der Waals surface area contributed by atoms with Crippen LogP contribution in [0, 0.1) is 5.92 Å². The van der Waals surface area contributed by atoms with Crippen LogP contribution in [0.4, 0.5) is 0 Å². The fourth-order valence-electron chi connectivity index (χ4n) is 7.74. The summed E-state index contributed by atoms with van der Waals surface area (Å²) in [5.74, 6) is -4.99. The molecule has 17 nitrogen and oxygen atoms in total. The molecule has 0 bridgehead atoms. The van der Waals surface area contributed by atoms with E-state index in [4.69, 9.17) is 22.9 Å². The minimum Gasteiger partial charge on any atom is -0.508 e. The highest BCUT2D eigenvalue weighted by Crippen LogP contribution is 2.16. The number of phenolic OH excluding ortho intramolecular Hbond substituents is 1. The number of amides is 7. The average Bonchev–Trinajstić information content (AvgIpc) is 3.26. The molecule has 0 aromatic heterocycles. The number of primary amides is 2. The van der Waals surface area contributed by atoms with E-state index in [1.165, 1.54) is 82.8 Å². The number of hydrogen-bond donors (Lipinski definition) is 10. The molecule has 0 fully saturated rings. The van der Waals surface area contributed by atoms with Gasteiger partial charge in [-0.25, -0.2) is 0 Å². The zero-order valence-electron chi connectivity index (χ0n) is 40.5. The SMILES string of the molecule is CCCCCCCCCCCCCCCCCC(=O)N[C@@H](CCCCN)C(=O)N[C@@H](CCCCN)C(=O)N[C@@H](Cc1ccc(O)cc1)C(=O)N[C@@H](CC(C)C)C(=O)N[C@@H](CC(N)=O)C(N)=O. The molecule has 1 aromatic rings. The van der Waals surface area contributed by atoms with Crippen molar-refractivity contribution in [1.29, 1.82) is 0 Å². The number of hydrogen-bond acceptors (Lipinski definition) is 10. The van der Waals surface area contributed by atoms with Gasteiger partial charge in [0.1, 0.15) is 36.0 Å². The van der Waals surface area contributed by atoms with Crippen LogP contribution < -0.4 is 49.5 Å². The van der Waals surface area contributed by atoms with Gasteiger partial charge >= 0.3 is 0 Å². The molecule has 5 atom stereocenters. The second-order valence-corrected chi connectivity index (χ2v) is 18.2. The van der Waals surface area contributed by atoms with Gasteiger partial charge in [-0.2, -0.15) is 0 Å². The van der Waals surface area contributed by atoms with Crippen LogP contribution in [0.5, 0.6) is 5.75 Å². The second-order valence-electron chi connectivity index (χ2n) is 18.2. The van der Waals surface area contributed by atoms with Crippen LogP contribution in [-0.4, -0.2) is 89.8 Å². The van der Waals surface area contributed by atoms with E-state index in [9.17, 15) is 38.7 Å². The molecule has 1 aromatic carbocycles. The van der Waals surface area contributed by atoms with Crippen LogP contribution in [0.3, 0.4) is 0 Å². The first-order valence-electron chi connectivity index (χ1n) is 24.9. The maximum atomic E-state index is 14.2. The second kappa shape index (κ2) is 36.4. The monoisotopic (exact) mass is 930 g/mol. The van der Waals surface area contributed by atoms with E-state index in [1.54, 1.807) is 12.1 Å². The standard InChI is InChI=1S/C49H87N9O8/c1-4-5-6-7-8-9-10-11-12-13-14-15-16-17-18-25-44(61)54-38(23-19-21-30-50)46(63)55-39(24-20-22-31-51)47(64)58-42(33-36-26-28-37(59)29-27-36)49(66)57-41(32-35(2)3)48(65)56-40(45(53)62)34-43(52)60/h26-29,35,38-42,59H,4-25,30-34,50-51H2,1-3H3,(H2,52,60)(H2,53,62)(H,54,61)(H,55,63)(H,56,65)(H,57,66)(H,58,64)/t38-,39-,40-,41-,42-/m0/s1. The normalized spacial score (nSPS) is 13.5. The van der Waals surface area contributed by atoms with Crippen molar-refractivity contribution in [3.05, 3.63) is 29.8 Å². The molecule has 0 saturated heterocycles. The van der Waals surface area contributed by atoms with Crippen LogP contribution in [0.2, 0.25) is 0 Å². The summed E-state index contributed by atoms with van der Waals surface area (Å²) in [7, 11) is 0. The van der Waals surface area contributed by atoms with Gasteiger partial charge < -0.3 is 54.6 Å². The summed E-state index contributed by atoms with van der Waals surface area (Å²) in [6.45, 7) is 6.64. The van der Waals surface area contributed by atoms with E-state index in [0.717, 1.165) is 19.3 Å². The van der Waals surface area contributed by atoms with E-state index in [1.807, 2.05) is 13.8 Å². The largest absolute Gasteiger partial charge is 0.508 e. The van der Waals surface area contributed by atoms with Crippen molar-refractivity contribution in [2.75, 3.05) is 13.1 Å². The Morgan fingerprint density at radius 1 is 0.515 bits per heavy atom. The summed E-state index contributed by atoms with van der Waals surface area (Å²) in [4.78, 5) is 92.4. The van der Waals surface area contributed by atoms with Crippen LogP contribution in [0.15, 0.2) is 24.3 Å². The quantitative estimate of drug-likeness (QED) is 0.0417. The number of rotatable bonds is 40. The highest BCUT2D eigenvalue weighted by atomic mass is 16.3. The van der Waals surface area contributed by atoms with Crippen molar-refractivity contribution in [3.8, 4) is 5.75 Å². The summed E-state index contributed by atoms with van der Waals surface area (Å²) in [5, 5.41) is 23.5. The molecule has 376 valence electrons. The Morgan fingerprint density at radius 2 is 0.924 bits per heavy atom. The average molecular weight is 930 g/mol. The van der Waals surface area contributed by atoms with E-state index < -0.39 is 72.1 Å². The van der Waals surface area contributed by atoms with Gasteiger partial charge in [0.15, 0.2) is 0 Å². The van der Waals surface area contributed by atoms with Gasteiger partial charge in [0.05, 0.1) is 6.42 Å². The molecule has 0 spiro atoms. The van der Waals surface area contributed by atoms with Crippen LogP contribution in [0.1, 0.15) is 180 Å². The molecule has 0 aliphatic rings. The van der Waals surface area contributed by atoms with Gasteiger partial charge in [-0.1, -0.05) is 123 Å². The Hall–Kier alpha value is -4.77. The summed E-state index contributed by atoms with van der Waals surface area (Å²) >= 11 is 0. The van der Waals surface area contributed by atoms with Crippen molar-refractivity contribution >= 4 is 41.4 Å². The highest BCUT2D eigenvalue weighted by Gasteiger charge is 2.33. The fraction of sp³-hybridized carbons (Fsp3) is 0.735. The van der Waals surface area contributed by atoms with E-state index in [-0.39, 0.29) is 43.3 Å². The Bertz CT molecular complexity index is 1560. The Morgan fingerprint density at radius 3 is 1.38 bits per heavy atom. The first kappa shape index (κ1) is 59.2. The summed E-state index contributed by atoms with van der Waals surface area (Å²) in [6.07, 6.45) is 20.7. The lowest BCUT2D eigenvalue weighted by molar-refractivity contribution is -0.135. The van der Waals surface area contributed by atoms with Crippen molar-refractivity contribution in [2.24, 2.45) is 28.9 Å². The molecule has 0 radical (unpaired) electrons. The highest BCUT2D eigenvalue weighted by molar-refractivity contribution is 5.97. The lowest BCUT2D eigenvalue weighted by Gasteiger charge is -2.27. The molecule has 0 unspecified atom stereocenters. The lowest BCUT2D eigenvalue weighted by Crippen LogP contribution is -2.59. The van der Waals surface area contributed by atoms with Crippen molar-refractivity contribution in [1.82, 2.24) is 26.6 Å². The van der Waals surface area contributed by atoms with Gasteiger partial charge in [0.25, 0.3) is 0 Å². The minimum atomic E-state index is -1.41. The summed E-state index contributed by atoms with van der Waals surface area (Å²) in [6, 6.07) is 0.0665. The maximum Gasteiger partial charge on any atom is 0.243 e. The maximum absolute atomic E-state index is 14.2. The molecular weight excluding hydrogens is 843 g/mol. The molecule has 0 aliphatic carbocycles. The first-order valence-corrected chi connectivity index (χ1v) is 24.9. The van der Waals surface area contributed by atoms with Gasteiger partial charge in [0.2, 0.25) is 41.4 Å². The van der Waals surface area contributed by atoms with Gasteiger partial charge in [0, 0.05) is 12.8 Å². The third-order valence-corrected chi connectivity index (χ3v) is 11.6. The lowest BCUT2D eigenvalue weighted by atomic mass is 10.00. The molecule has 14 N–H and O–H groups in total. The van der Waals surface area contributed by atoms with Crippen LogP contribution in [0.25, 0.3) is 0 Å². The molecule has 0 saturated carbocycles. The van der Waals surface area contributed by atoms with E-state index in [2.05, 4.69) is 33.5 Å². The number of phenols is 1. The van der Waals surface area contributed by atoms with E-state index >= 15 is 0 Å². The van der Waals surface area contributed by atoms with Gasteiger partial charge in [-0.05, 0) is 88.1 Å².